The van der Waals surface area contributed by atoms with E-state index in [1.165, 1.54) is 23.9 Å². The molecule has 0 bridgehead atoms. The molecule has 2 aliphatic rings. The molecule has 5 rings (SSSR count). The van der Waals surface area contributed by atoms with E-state index in [1.54, 1.807) is 12.1 Å². The number of aryl methyl sites for hydroxylation is 1. The molecule has 182 valence electrons. The van der Waals surface area contributed by atoms with Gasteiger partial charge in [0.1, 0.15) is 0 Å². The molecule has 0 atom stereocenters. The average molecular weight is 522 g/mol. The number of nitrogens with zero attached hydrogens (tertiary/aromatic N) is 2. The van der Waals surface area contributed by atoms with Crippen molar-refractivity contribution in [1.82, 2.24) is 14.9 Å². The van der Waals surface area contributed by atoms with Crippen molar-refractivity contribution in [1.29, 1.82) is 0 Å². The second-order valence-electron chi connectivity index (χ2n) is 7.71. The lowest BCUT2D eigenvalue weighted by Crippen LogP contribution is -2.27. The van der Waals surface area contributed by atoms with Gasteiger partial charge in [-0.1, -0.05) is 23.9 Å². The summed E-state index contributed by atoms with van der Waals surface area (Å²) < 4.78 is 51.6. The number of thioether (sulfide) groups is 2. The summed E-state index contributed by atoms with van der Waals surface area (Å²) in [5, 5.41) is 2.97. The number of halogens is 3. The van der Waals surface area contributed by atoms with Gasteiger partial charge in [-0.15, -0.1) is 11.8 Å². The fourth-order valence-corrected chi connectivity index (χ4v) is 5.55. The number of ether oxygens (including phenoxy) is 2. The molecular weight excluding hydrogens is 503 g/mol. The molecule has 0 radical (unpaired) electrons. The first kappa shape index (κ1) is 23.6. The molecule has 3 heterocycles. The van der Waals surface area contributed by atoms with E-state index in [2.05, 4.69) is 10.3 Å². The van der Waals surface area contributed by atoms with Crippen molar-refractivity contribution in [3.8, 4) is 17.2 Å². The van der Waals surface area contributed by atoms with E-state index in [0.717, 1.165) is 34.0 Å². The molecular formula is C23H18F3N3O4S2. The molecule has 3 aromatic rings. The normalized spacial score (nSPS) is 14.1. The fourth-order valence-electron chi connectivity index (χ4n) is 3.67. The SMILES string of the molecule is O=C(CSc1nc2c(c(=O)n1-c1cccc(C(F)(F)F)c1)SCC2)NCc1ccc2c(c1)OCO2. The van der Waals surface area contributed by atoms with Crippen LogP contribution in [0.25, 0.3) is 5.69 Å². The second kappa shape index (κ2) is 9.50. The standard InChI is InChI=1S/C23H18F3N3O4S2/c24-23(25,26)14-2-1-3-15(9-14)29-21(31)20-16(6-7-34-20)28-22(29)35-11-19(30)27-10-13-4-5-17-18(8-13)33-12-32-17/h1-5,8-9H,6-7,10-12H2,(H,27,30). The number of amides is 1. The number of aromatic nitrogens is 2. The second-order valence-corrected chi connectivity index (χ2v) is 9.76. The molecule has 0 unspecified atom stereocenters. The van der Waals surface area contributed by atoms with Crippen LogP contribution in [0.1, 0.15) is 16.8 Å². The van der Waals surface area contributed by atoms with E-state index in [9.17, 15) is 22.8 Å². The summed E-state index contributed by atoms with van der Waals surface area (Å²) in [6, 6.07) is 9.89. The van der Waals surface area contributed by atoms with Crippen LogP contribution in [0.3, 0.4) is 0 Å². The fraction of sp³-hybridized carbons (Fsp3) is 0.261. The summed E-state index contributed by atoms with van der Waals surface area (Å²) in [6.07, 6.45) is -3.97. The zero-order valence-corrected chi connectivity index (χ0v) is 19.7. The molecule has 7 nitrogen and oxygen atoms in total. The van der Waals surface area contributed by atoms with E-state index < -0.39 is 17.3 Å². The number of carbonyl (C=O) groups excluding carboxylic acids is 1. The quantitative estimate of drug-likeness (QED) is 0.387. The number of alkyl halides is 3. The number of rotatable bonds is 6. The van der Waals surface area contributed by atoms with Crippen molar-refractivity contribution in [3.05, 3.63) is 69.6 Å². The molecule has 0 saturated carbocycles. The van der Waals surface area contributed by atoms with E-state index in [-0.39, 0.29) is 35.8 Å². The minimum absolute atomic E-state index is 0.0518. The number of hydrogen-bond acceptors (Lipinski definition) is 7. The number of nitrogens with one attached hydrogen (secondary N) is 1. The Labute approximate surface area is 206 Å². The summed E-state index contributed by atoms with van der Waals surface area (Å²) >= 11 is 2.34. The van der Waals surface area contributed by atoms with Gasteiger partial charge in [-0.2, -0.15) is 13.2 Å². The van der Waals surface area contributed by atoms with Crippen LogP contribution in [-0.4, -0.2) is 33.8 Å². The molecule has 12 heteroatoms. The van der Waals surface area contributed by atoms with Crippen molar-refractivity contribution in [2.45, 2.75) is 29.2 Å². The molecule has 1 N–H and O–H groups in total. The number of carbonyl (C=O) groups is 1. The Kier molecular flexibility index (Phi) is 6.41. The molecule has 0 aliphatic carbocycles. The number of benzene rings is 2. The van der Waals surface area contributed by atoms with E-state index in [1.807, 2.05) is 6.07 Å². The maximum atomic E-state index is 13.3. The van der Waals surface area contributed by atoms with Gasteiger partial charge >= 0.3 is 6.18 Å². The Bertz CT molecular complexity index is 1360. The van der Waals surface area contributed by atoms with E-state index in [4.69, 9.17) is 9.47 Å². The Morgan fingerprint density at radius 1 is 1.17 bits per heavy atom. The Morgan fingerprint density at radius 3 is 2.83 bits per heavy atom. The number of fused-ring (bicyclic) bond motifs is 2. The third-order valence-electron chi connectivity index (χ3n) is 5.36. The summed E-state index contributed by atoms with van der Waals surface area (Å²) in [6.45, 7) is 0.409. The van der Waals surface area contributed by atoms with Crippen molar-refractivity contribution >= 4 is 29.4 Å². The van der Waals surface area contributed by atoms with Gasteiger partial charge < -0.3 is 14.8 Å². The average Bonchev–Trinajstić information content (AvgIpc) is 3.50. The van der Waals surface area contributed by atoms with Crippen LogP contribution in [0.2, 0.25) is 0 Å². The van der Waals surface area contributed by atoms with Gasteiger partial charge in [-0.25, -0.2) is 4.98 Å². The first-order valence-electron chi connectivity index (χ1n) is 10.5. The highest BCUT2D eigenvalue weighted by atomic mass is 32.2. The highest BCUT2D eigenvalue weighted by Crippen LogP contribution is 2.34. The largest absolute Gasteiger partial charge is 0.454 e. The van der Waals surface area contributed by atoms with Crippen LogP contribution in [0.15, 0.2) is 57.3 Å². The van der Waals surface area contributed by atoms with Gasteiger partial charge in [0, 0.05) is 18.7 Å². The van der Waals surface area contributed by atoms with Crippen LogP contribution in [-0.2, 0) is 23.9 Å². The third kappa shape index (κ3) is 4.98. The lowest BCUT2D eigenvalue weighted by atomic mass is 10.2. The lowest BCUT2D eigenvalue weighted by Gasteiger charge is -2.15. The van der Waals surface area contributed by atoms with Crippen molar-refractivity contribution in [2.75, 3.05) is 18.3 Å². The molecule has 0 saturated heterocycles. The van der Waals surface area contributed by atoms with Gasteiger partial charge in [-0.05, 0) is 35.9 Å². The van der Waals surface area contributed by atoms with Crippen LogP contribution < -0.4 is 20.3 Å². The Hall–Kier alpha value is -3.12. The van der Waals surface area contributed by atoms with Crippen LogP contribution in [0.5, 0.6) is 11.5 Å². The minimum atomic E-state index is -4.56. The van der Waals surface area contributed by atoms with Gasteiger partial charge in [0.15, 0.2) is 16.7 Å². The minimum Gasteiger partial charge on any atom is -0.454 e. The molecule has 1 aromatic heterocycles. The van der Waals surface area contributed by atoms with Crippen molar-refractivity contribution in [2.24, 2.45) is 0 Å². The molecule has 2 aromatic carbocycles. The van der Waals surface area contributed by atoms with Crippen LogP contribution in [0, 0.1) is 0 Å². The summed E-state index contributed by atoms with van der Waals surface area (Å²) in [5.74, 6) is 1.54. The molecule has 35 heavy (non-hydrogen) atoms. The van der Waals surface area contributed by atoms with Gasteiger partial charge in [0.05, 0.1) is 27.6 Å². The summed E-state index contributed by atoms with van der Waals surface area (Å²) in [5.41, 5.74) is 0.177. The smallest absolute Gasteiger partial charge is 0.416 e. The molecule has 0 fully saturated rings. The monoisotopic (exact) mass is 521 g/mol. The zero-order chi connectivity index (χ0) is 24.6. The van der Waals surface area contributed by atoms with Gasteiger partial charge in [-0.3, -0.25) is 14.2 Å². The van der Waals surface area contributed by atoms with Gasteiger partial charge in [0.2, 0.25) is 12.7 Å². The molecule has 2 aliphatic heterocycles. The van der Waals surface area contributed by atoms with Gasteiger partial charge in [0.25, 0.3) is 5.56 Å². The first-order chi connectivity index (χ1) is 16.8. The predicted molar refractivity (Wildman–Crippen MR) is 124 cm³/mol. The third-order valence-corrected chi connectivity index (χ3v) is 7.40. The van der Waals surface area contributed by atoms with Crippen LogP contribution in [0.4, 0.5) is 13.2 Å². The van der Waals surface area contributed by atoms with E-state index >= 15 is 0 Å². The first-order valence-corrected chi connectivity index (χ1v) is 12.5. The molecule has 0 spiro atoms. The topological polar surface area (TPSA) is 82.5 Å². The lowest BCUT2D eigenvalue weighted by molar-refractivity contribution is -0.137. The van der Waals surface area contributed by atoms with Crippen LogP contribution >= 0.6 is 23.5 Å². The maximum absolute atomic E-state index is 13.3. The maximum Gasteiger partial charge on any atom is 0.416 e. The Morgan fingerprint density at radius 2 is 2.00 bits per heavy atom. The summed E-state index contributed by atoms with van der Waals surface area (Å²) in [7, 11) is 0. The number of hydrogen-bond donors (Lipinski definition) is 1. The predicted octanol–water partition coefficient (Wildman–Crippen LogP) is 4.04. The summed E-state index contributed by atoms with van der Waals surface area (Å²) in [4.78, 5) is 30.7. The molecule has 1 amide bonds. The van der Waals surface area contributed by atoms with Crippen molar-refractivity contribution < 1.29 is 27.4 Å². The highest BCUT2D eigenvalue weighted by molar-refractivity contribution is 8.00. The zero-order valence-electron chi connectivity index (χ0n) is 18.1. The Balaban J connectivity index is 1.35. The van der Waals surface area contributed by atoms with Crippen molar-refractivity contribution in [3.63, 3.8) is 0 Å². The highest BCUT2D eigenvalue weighted by Gasteiger charge is 2.31. The van der Waals surface area contributed by atoms with E-state index in [0.29, 0.717) is 34.3 Å².